The monoisotopic (exact) mass is 417 g/mol. The van der Waals surface area contributed by atoms with E-state index < -0.39 is 35.0 Å². The van der Waals surface area contributed by atoms with Crippen LogP contribution < -0.4 is 0 Å². The summed E-state index contributed by atoms with van der Waals surface area (Å²) in [6.07, 6.45) is 3.76. The Morgan fingerprint density at radius 3 is 2.35 bits per heavy atom. The molecular formula is C23H15NO7. The lowest BCUT2D eigenvalue weighted by Crippen LogP contribution is -1.99. The van der Waals surface area contributed by atoms with E-state index >= 15 is 0 Å². The number of hydrogen-bond acceptors (Lipinski definition) is 5. The van der Waals surface area contributed by atoms with Crippen molar-refractivity contribution in [1.82, 2.24) is 4.98 Å². The molecule has 31 heavy (non-hydrogen) atoms. The Balaban J connectivity index is 1.84. The molecule has 0 saturated carbocycles. The van der Waals surface area contributed by atoms with Crippen LogP contribution in [0.5, 0.6) is 5.75 Å². The molecular weight excluding hydrogens is 402 g/mol. The van der Waals surface area contributed by atoms with Crippen LogP contribution in [0.15, 0.2) is 65.2 Å². The van der Waals surface area contributed by atoms with E-state index in [1.165, 1.54) is 12.3 Å². The van der Waals surface area contributed by atoms with Gasteiger partial charge in [0.1, 0.15) is 0 Å². The van der Waals surface area contributed by atoms with Crippen LogP contribution in [0.25, 0.3) is 28.1 Å². The number of hydrogen-bond donors (Lipinski definition) is 4. The number of aromatic hydroxyl groups is 1. The van der Waals surface area contributed by atoms with Gasteiger partial charge >= 0.3 is 11.9 Å². The Morgan fingerprint density at radius 2 is 1.68 bits per heavy atom. The third-order valence-electron chi connectivity index (χ3n) is 4.74. The third-order valence-corrected chi connectivity index (χ3v) is 4.74. The average Bonchev–Trinajstić information content (AvgIpc) is 3.34. The first-order valence-electron chi connectivity index (χ1n) is 9.08. The van der Waals surface area contributed by atoms with Gasteiger partial charge in [-0.3, -0.25) is 4.79 Å². The molecule has 154 valence electrons. The van der Waals surface area contributed by atoms with Gasteiger partial charge in [0.15, 0.2) is 5.75 Å². The lowest BCUT2D eigenvalue weighted by Gasteiger charge is -2.01. The summed E-state index contributed by atoms with van der Waals surface area (Å²) in [4.78, 5) is 38.6. The van der Waals surface area contributed by atoms with E-state index in [0.29, 0.717) is 22.0 Å². The number of ketones is 1. The van der Waals surface area contributed by atoms with Crippen LogP contribution in [-0.2, 0) is 4.79 Å². The maximum absolute atomic E-state index is 13.2. The summed E-state index contributed by atoms with van der Waals surface area (Å²) >= 11 is 0. The molecule has 4 N–H and O–H groups in total. The van der Waals surface area contributed by atoms with Crippen LogP contribution in [0.1, 0.15) is 32.2 Å². The van der Waals surface area contributed by atoms with Crippen LogP contribution >= 0.6 is 0 Å². The number of carbonyl (C=O) groups excluding carboxylic acids is 1. The summed E-state index contributed by atoms with van der Waals surface area (Å²) in [5.41, 5.74) is 1.50. The maximum atomic E-state index is 13.2. The van der Waals surface area contributed by atoms with Crippen molar-refractivity contribution >= 4 is 34.7 Å². The number of aromatic amines is 1. The van der Waals surface area contributed by atoms with Gasteiger partial charge in [-0.05, 0) is 17.2 Å². The van der Waals surface area contributed by atoms with E-state index in [-0.39, 0.29) is 11.1 Å². The van der Waals surface area contributed by atoms with E-state index in [9.17, 15) is 24.6 Å². The smallest absolute Gasteiger partial charge is 0.372 e. The minimum atomic E-state index is -1.42. The zero-order chi connectivity index (χ0) is 22.1. The molecule has 0 atom stereocenters. The number of aromatic nitrogens is 1. The van der Waals surface area contributed by atoms with Crippen LogP contribution in [0, 0.1) is 0 Å². The second-order valence-corrected chi connectivity index (χ2v) is 6.63. The van der Waals surface area contributed by atoms with Gasteiger partial charge in [-0.25, -0.2) is 9.59 Å². The number of benzene rings is 2. The molecule has 0 unspecified atom stereocenters. The predicted octanol–water partition coefficient (Wildman–Crippen LogP) is 4.16. The van der Waals surface area contributed by atoms with Crippen LogP contribution in [0.3, 0.4) is 0 Å². The Labute approximate surface area is 174 Å². The Morgan fingerprint density at radius 1 is 0.935 bits per heavy atom. The fraction of sp³-hybridized carbons (Fsp3) is 0. The summed E-state index contributed by atoms with van der Waals surface area (Å²) in [7, 11) is 0. The molecule has 0 amide bonds. The summed E-state index contributed by atoms with van der Waals surface area (Å²) in [5, 5.41) is 29.5. The summed E-state index contributed by atoms with van der Waals surface area (Å²) in [6, 6.07) is 13.2. The molecule has 0 bridgehead atoms. The maximum Gasteiger partial charge on any atom is 0.372 e. The van der Waals surface area contributed by atoms with Crippen molar-refractivity contribution < 1.29 is 34.1 Å². The van der Waals surface area contributed by atoms with Gasteiger partial charge in [-0.2, -0.15) is 0 Å². The SMILES string of the molecule is O=C(O)C=Cc1cccc2c(C(=O)c3oc(C(=O)O)c(-c4ccccc4)c3O)c[nH]c12. The molecule has 0 fully saturated rings. The van der Waals surface area contributed by atoms with E-state index in [1.54, 1.807) is 48.5 Å². The zero-order valence-electron chi connectivity index (χ0n) is 15.8. The molecule has 8 nitrogen and oxygen atoms in total. The number of para-hydroxylation sites is 1. The number of H-pyrrole nitrogens is 1. The van der Waals surface area contributed by atoms with Gasteiger partial charge in [0.05, 0.1) is 16.6 Å². The second-order valence-electron chi connectivity index (χ2n) is 6.63. The van der Waals surface area contributed by atoms with E-state index in [2.05, 4.69) is 4.98 Å². The van der Waals surface area contributed by atoms with E-state index in [1.807, 2.05) is 0 Å². The average molecular weight is 417 g/mol. The highest BCUT2D eigenvalue weighted by Gasteiger charge is 2.31. The first-order chi connectivity index (χ1) is 14.9. The number of fused-ring (bicyclic) bond motifs is 1. The van der Waals surface area contributed by atoms with Crippen LogP contribution in [-0.4, -0.2) is 38.0 Å². The number of aliphatic carboxylic acids is 1. The third kappa shape index (κ3) is 3.46. The van der Waals surface area contributed by atoms with Crippen LogP contribution in [0.2, 0.25) is 0 Å². The zero-order valence-corrected chi connectivity index (χ0v) is 15.8. The van der Waals surface area contributed by atoms with Crippen molar-refractivity contribution in [3.63, 3.8) is 0 Å². The fourth-order valence-corrected chi connectivity index (χ4v) is 3.39. The number of furan rings is 1. The lowest BCUT2D eigenvalue weighted by atomic mass is 10.0. The molecule has 2 aromatic heterocycles. The molecule has 4 aromatic rings. The normalized spacial score (nSPS) is 11.2. The highest BCUT2D eigenvalue weighted by atomic mass is 16.4. The Hall–Kier alpha value is -4.59. The van der Waals surface area contributed by atoms with Gasteiger partial charge in [-0.15, -0.1) is 0 Å². The van der Waals surface area contributed by atoms with Gasteiger partial charge in [0, 0.05) is 17.7 Å². The number of carboxylic acids is 2. The highest BCUT2D eigenvalue weighted by molar-refractivity contribution is 6.18. The van der Waals surface area contributed by atoms with Crippen molar-refractivity contribution in [2.45, 2.75) is 0 Å². The molecule has 8 heteroatoms. The predicted molar refractivity (Wildman–Crippen MR) is 111 cm³/mol. The van der Waals surface area contributed by atoms with Crippen molar-refractivity contribution in [1.29, 1.82) is 0 Å². The summed E-state index contributed by atoms with van der Waals surface area (Å²) < 4.78 is 5.30. The molecule has 0 aliphatic carbocycles. The molecule has 0 aliphatic rings. The number of carbonyl (C=O) groups is 3. The van der Waals surface area contributed by atoms with Gasteiger partial charge in [-0.1, -0.05) is 48.5 Å². The van der Waals surface area contributed by atoms with Crippen molar-refractivity contribution in [2.24, 2.45) is 0 Å². The van der Waals surface area contributed by atoms with Gasteiger partial charge in [0.25, 0.3) is 0 Å². The number of rotatable bonds is 6. The number of nitrogens with one attached hydrogen (secondary N) is 1. The first kappa shape index (κ1) is 19.7. The first-order valence-corrected chi connectivity index (χ1v) is 9.08. The minimum Gasteiger partial charge on any atom is -0.504 e. The van der Waals surface area contributed by atoms with Gasteiger partial charge < -0.3 is 24.7 Å². The second kappa shape index (κ2) is 7.68. The van der Waals surface area contributed by atoms with Crippen molar-refractivity contribution in [2.75, 3.05) is 0 Å². The Kier molecular flexibility index (Phi) is 4.88. The van der Waals surface area contributed by atoms with Crippen molar-refractivity contribution in [3.05, 3.63) is 83.5 Å². The Bertz CT molecular complexity index is 1360. The highest BCUT2D eigenvalue weighted by Crippen LogP contribution is 2.40. The van der Waals surface area contributed by atoms with Gasteiger partial charge in [0.2, 0.25) is 17.3 Å². The van der Waals surface area contributed by atoms with E-state index in [0.717, 1.165) is 6.08 Å². The molecule has 0 spiro atoms. The quantitative estimate of drug-likeness (QED) is 0.273. The number of carboxylic acid groups (broad SMARTS) is 2. The topological polar surface area (TPSA) is 141 Å². The lowest BCUT2D eigenvalue weighted by molar-refractivity contribution is -0.131. The van der Waals surface area contributed by atoms with Crippen molar-refractivity contribution in [3.8, 4) is 16.9 Å². The molecule has 4 rings (SSSR count). The standard InChI is InChI=1S/C23H15NO7/c25-16(26)10-9-13-7-4-8-14-15(11-24-18(13)14)19(27)22-20(28)17(21(31-22)23(29)30)12-5-2-1-3-6-12/h1-11,24,28H,(H,25,26)(H,29,30). The summed E-state index contributed by atoms with van der Waals surface area (Å²) in [5.74, 6) is -4.86. The summed E-state index contributed by atoms with van der Waals surface area (Å²) in [6.45, 7) is 0. The molecule has 2 heterocycles. The molecule has 0 aliphatic heterocycles. The van der Waals surface area contributed by atoms with Crippen LogP contribution in [0.4, 0.5) is 0 Å². The fourth-order valence-electron chi connectivity index (χ4n) is 3.39. The molecule has 2 aromatic carbocycles. The molecule has 0 saturated heterocycles. The molecule has 0 radical (unpaired) electrons. The minimum absolute atomic E-state index is 0.0821. The van der Waals surface area contributed by atoms with E-state index in [4.69, 9.17) is 9.52 Å². The largest absolute Gasteiger partial charge is 0.504 e. The number of aromatic carboxylic acids is 1.